The van der Waals surface area contributed by atoms with Gasteiger partial charge in [-0.05, 0) is 42.0 Å². The highest BCUT2D eigenvalue weighted by Crippen LogP contribution is 2.32. The van der Waals surface area contributed by atoms with Gasteiger partial charge in [-0.25, -0.2) is 12.8 Å². The molecule has 0 saturated carbocycles. The van der Waals surface area contributed by atoms with Crippen LogP contribution in [0.4, 0.5) is 10.1 Å². The highest BCUT2D eigenvalue weighted by Gasteiger charge is 2.31. The molecule has 10 heteroatoms. The van der Waals surface area contributed by atoms with Crippen LogP contribution in [0.1, 0.15) is 5.56 Å². The van der Waals surface area contributed by atoms with Crippen molar-refractivity contribution in [3.63, 3.8) is 0 Å². The second kappa shape index (κ2) is 11.6. The van der Waals surface area contributed by atoms with E-state index < -0.39 is 22.4 Å². The second-order valence-electron chi connectivity index (χ2n) is 8.65. The summed E-state index contributed by atoms with van der Waals surface area (Å²) in [5.41, 5.74) is 1.39. The first-order valence-electron chi connectivity index (χ1n) is 11.9. The Kier molecular flexibility index (Phi) is 8.30. The van der Waals surface area contributed by atoms with Gasteiger partial charge in [0, 0.05) is 38.8 Å². The smallest absolute Gasteiger partial charge is 0.264 e. The lowest BCUT2D eigenvalue weighted by Crippen LogP contribution is -2.51. The molecular weight excluding hydrogens is 497 g/mol. The number of methoxy groups -OCH3 is 2. The van der Waals surface area contributed by atoms with Gasteiger partial charge in [0.2, 0.25) is 5.91 Å². The van der Waals surface area contributed by atoms with E-state index in [1.165, 1.54) is 62.2 Å². The van der Waals surface area contributed by atoms with E-state index in [0.29, 0.717) is 31.9 Å². The van der Waals surface area contributed by atoms with Crippen molar-refractivity contribution < 1.29 is 27.1 Å². The molecule has 0 spiro atoms. The van der Waals surface area contributed by atoms with Crippen molar-refractivity contribution in [2.45, 2.75) is 11.4 Å². The number of ether oxygens (including phenoxy) is 2. The fourth-order valence-electron chi connectivity index (χ4n) is 4.25. The normalized spacial score (nSPS) is 14.3. The molecule has 4 rings (SSSR count). The fraction of sp³-hybridized carbons (Fsp3) is 0.296. The van der Waals surface area contributed by atoms with Gasteiger partial charge in [-0.2, -0.15) is 0 Å². The Morgan fingerprint density at radius 2 is 1.54 bits per heavy atom. The molecule has 37 heavy (non-hydrogen) atoms. The Hall–Kier alpha value is -3.63. The Labute approximate surface area is 216 Å². The lowest BCUT2D eigenvalue weighted by molar-refractivity contribution is -0.131. The maximum Gasteiger partial charge on any atom is 0.264 e. The van der Waals surface area contributed by atoms with Gasteiger partial charge >= 0.3 is 0 Å². The van der Waals surface area contributed by atoms with Crippen LogP contribution < -0.4 is 13.8 Å². The van der Waals surface area contributed by atoms with Crippen molar-refractivity contribution >= 4 is 21.6 Å². The summed E-state index contributed by atoms with van der Waals surface area (Å²) in [6.07, 6.45) is 0. The van der Waals surface area contributed by atoms with Crippen LogP contribution in [0.5, 0.6) is 11.5 Å². The molecule has 3 aromatic rings. The van der Waals surface area contributed by atoms with E-state index in [-0.39, 0.29) is 22.2 Å². The van der Waals surface area contributed by atoms with Crippen molar-refractivity contribution in [2.24, 2.45) is 0 Å². The zero-order chi connectivity index (χ0) is 26.4. The SMILES string of the molecule is COc1ccc(S(=O)(=O)N(CC(=O)N2CCN(Cc3ccccc3)CC2)c2ccc(F)cc2)cc1OC. The van der Waals surface area contributed by atoms with E-state index in [4.69, 9.17) is 9.47 Å². The molecule has 0 radical (unpaired) electrons. The molecule has 1 aliphatic heterocycles. The van der Waals surface area contributed by atoms with E-state index >= 15 is 0 Å². The fourth-order valence-corrected chi connectivity index (χ4v) is 5.68. The maximum absolute atomic E-state index is 13.7. The number of halogens is 1. The lowest BCUT2D eigenvalue weighted by Gasteiger charge is -2.36. The third-order valence-corrected chi connectivity index (χ3v) is 8.08. The first-order valence-corrected chi connectivity index (χ1v) is 13.3. The molecule has 1 heterocycles. The number of benzene rings is 3. The number of sulfonamides is 1. The van der Waals surface area contributed by atoms with Gasteiger partial charge in [0.25, 0.3) is 10.0 Å². The van der Waals surface area contributed by atoms with Gasteiger partial charge in [0.05, 0.1) is 24.8 Å². The zero-order valence-electron chi connectivity index (χ0n) is 20.8. The van der Waals surface area contributed by atoms with Crippen LogP contribution in [0.2, 0.25) is 0 Å². The van der Waals surface area contributed by atoms with E-state index in [1.54, 1.807) is 4.90 Å². The number of hydrogen-bond donors (Lipinski definition) is 0. The Morgan fingerprint density at radius 3 is 2.16 bits per heavy atom. The first kappa shape index (κ1) is 26.4. The van der Waals surface area contributed by atoms with E-state index in [1.807, 2.05) is 18.2 Å². The maximum atomic E-state index is 13.7. The van der Waals surface area contributed by atoms with Crippen LogP contribution in [-0.2, 0) is 21.4 Å². The molecule has 0 bridgehead atoms. The van der Waals surface area contributed by atoms with Crippen LogP contribution in [0.25, 0.3) is 0 Å². The number of rotatable bonds is 9. The molecule has 0 aliphatic carbocycles. The zero-order valence-corrected chi connectivity index (χ0v) is 21.7. The van der Waals surface area contributed by atoms with Crippen LogP contribution >= 0.6 is 0 Å². The molecule has 3 aromatic carbocycles. The third-order valence-electron chi connectivity index (χ3n) is 6.31. The van der Waals surface area contributed by atoms with Crippen LogP contribution in [0, 0.1) is 5.82 Å². The van der Waals surface area contributed by atoms with Crippen molar-refractivity contribution in [3.05, 3.63) is 84.2 Å². The molecule has 0 N–H and O–H groups in total. The number of amides is 1. The number of nitrogens with zero attached hydrogens (tertiary/aromatic N) is 3. The predicted octanol–water partition coefficient (Wildman–Crippen LogP) is 3.38. The Morgan fingerprint density at radius 1 is 0.892 bits per heavy atom. The number of anilines is 1. The average molecular weight is 528 g/mol. The summed E-state index contributed by atoms with van der Waals surface area (Å²) in [5, 5.41) is 0. The summed E-state index contributed by atoms with van der Waals surface area (Å²) in [7, 11) is -1.33. The summed E-state index contributed by atoms with van der Waals surface area (Å²) in [6.45, 7) is 2.71. The summed E-state index contributed by atoms with van der Waals surface area (Å²) in [4.78, 5) is 17.2. The van der Waals surface area contributed by atoms with Crippen molar-refractivity contribution in [1.82, 2.24) is 9.80 Å². The lowest BCUT2D eigenvalue weighted by atomic mass is 10.2. The largest absolute Gasteiger partial charge is 0.493 e. The van der Waals surface area contributed by atoms with Crippen molar-refractivity contribution in [1.29, 1.82) is 0 Å². The molecule has 0 unspecified atom stereocenters. The standard InChI is InChI=1S/C27H30FN3O5S/c1-35-25-13-12-24(18-26(25)36-2)37(33,34)31(23-10-8-22(28)9-11-23)20-27(32)30-16-14-29(15-17-30)19-21-6-4-3-5-7-21/h3-13,18H,14-17,19-20H2,1-2H3. The topological polar surface area (TPSA) is 79.4 Å². The molecule has 8 nitrogen and oxygen atoms in total. The van der Waals surface area contributed by atoms with Crippen molar-refractivity contribution in [2.75, 3.05) is 51.2 Å². The Bertz CT molecular complexity index is 1310. The van der Waals surface area contributed by atoms with Gasteiger partial charge in [-0.1, -0.05) is 30.3 Å². The van der Waals surface area contributed by atoms with E-state index in [9.17, 15) is 17.6 Å². The van der Waals surface area contributed by atoms with Gasteiger partial charge in [0.15, 0.2) is 11.5 Å². The highest BCUT2D eigenvalue weighted by molar-refractivity contribution is 7.92. The molecule has 0 aromatic heterocycles. The number of carbonyl (C=O) groups is 1. The highest BCUT2D eigenvalue weighted by atomic mass is 32.2. The summed E-state index contributed by atoms with van der Waals surface area (Å²) < 4.78 is 52.5. The molecule has 1 fully saturated rings. The molecular formula is C27H30FN3O5S. The van der Waals surface area contributed by atoms with Crippen LogP contribution in [-0.4, -0.2) is 71.1 Å². The number of carbonyl (C=O) groups excluding carboxylic acids is 1. The van der Waals surface area contributed by atoms with Gasteiger partial charge in [-0.15, -0.1) is 0 Å². The minimum atomic E-state index is -4.19. The number of piperazine rings is 1. The minimum Gasteiger partial charge on any atom is -0.493 e. The second-order valence-corrected chi connectivity index (χ2v) is 10.5. The van der Waals surface area contributed by atoms with E-state index in [0.717, 1.165) is 10.8 Å². The molecule has 196 valence electrons. The van der Waals surface area contributed by atoms with Crippen LogP contribution in [0.15, 0.2) is 77.7 Å². The van der Waals surface area contributed by atoms with E-state index in [2.05, 4.69) is 17.0 Å². The van der Waals surface area contributed by atoms with Gasteiger partial charge < -0.3 is 14.4 Å². The van der Waals surface area contributed by atoms with Gasteiger partial charge in [0.1, 0.15) is 12.4 Å². The van der Waals surface area contributed by atoms with Gasteiger partial charge in [-0.3, -0.25) is 14.0 Å². The molecule has 0 atom stereocenters. The van der Waals surface area contributed by atoms with Crippen molar-refractivity contribution in [3.8, 4) is 11.5 Å². The minimum absolute atomic E-state index is 0.0741. The monoisotopic (exact) mass is 527 g/mol. The molecule has 1 saturated heterocycles. The van der Waals surface area contributed by atoms with Crippen LogP contribution in [0.3, 0.4) is 0 Å². The molecule has 1 aliphatic rings. The third kappa shape index (κ3) is 6.20. The Balaban J connectivity index is 1.53. The average Bonchev–Trinajstić information content (AvgIpc) is 2.92. The quantitative estimate of drug-likeness (QED) is 0.425. The molecule has 1 amide bonds. The first-order chi connectivity index (χ1) is 17.8. The summed E-state index contributed by atoms with van der Waals surface area (Å²) >= 11 is 0. The summed E-state index contributed by atoms with van der Waals surface area (Å²) in [6, 6.07) is 19.4. The summed E-state index contributed by atoms with van der Waals surface area (Å²) in [5.74, 6) is -0.219. The predicted molar refractivity (Wildman–Crippen MR) is 139 cm³/mol. The number of hydrogen-bond acceptors (Lipinski definition) is 6.